The van der Waals surface area contributed by atoms with Crippen LogP contribution >= 0.6 is 0 Å². The summed E-state index contributed by atoms with van der Waals surface area (Å²) in [7, 11) is 4.88. The monoisotopic (exact) mass is 380 g/mol. The van der Waals surface area contributed by atoms with Crippen LogP contribution in [0.1, 0.15) is 11.3 Å². The standard InChI is InChI=1S/C21H24N4O3/c1-14-11-20(22-13-15-9-10-18(27-3)19(12-15)28-4)25-21(23-14)24-16-7-5-6-8-17(16)26-2/h5-12H,13H2,1-4H3,(H2,22,23,24,25). The second kappa shape index (κ2) is 8.94. The zero-order chi connectivity index (χ0) is 19.9. The van der Waals surface area contributed by atoms with Crippen LogP contribution in [-0.4, -0.2) is 31.3 Å². The number of nitrogens with zero attached hydrogens (tertiary/aromatic N) is 2. The Balaban J connectivity index is 1.75. The van der Waals surface area contributed by atoms with E-state index in [-0.39, 0.29) is 0 Å². The van der Waals surface area contributed by atoms with Crippen LogP contribution in [0.3, 0.4) is 0 Å². The van der Waals surface area contributed by atoms with Gasteiger partial charge in [0.2, 0.25) is 5.95 Å². The fraction of sp³-hybridized carbons (Fsp3) is 0.238. The molecule has 2 aromatic carbocycles. The Labute approximate surface area is 164 Å². The number of ether oxygens (including phenoxy) is 3. The van der Waals surface area contributed by atoms with Crippen molar-refractivity contribution >= 4 is 17.5 Å². The Morgan fingerprint density at radius 1 is 0.821 bits per heavy atom. The van der Waals surface area contributed by atoms with E-state index in [1.54, 1.807) is 21.3 Å². The van der Waals surface area contributed by atoms with Crippen LogP contribution in [0.5, 0.6) is 17.2 Å². The van der Waals surface area contributed by atoms with E-state index in [9.17, 15) is 0 Å². The first kappa shape index (κ1) is 19.3. The Morgan fingerprint density at radius 3 is 2.32 bits per heavy atom. The molecule has 0 aliphatic carbocycles. The highest BCUT2D eigenvalue weighted by Crippen LogP contribution is 2.28. The molecule has 28 heavy (non-hydrogen) atoms. The summed E-state index contributed by atoms with van der Waals surface area (Å²) < 4.78 is 16.0. The molecule has 0 fully saturated rings. The van der Waals surface area contributed by atoms with Crippen molar-refractivity contribution < 1.29 is 14.2 Å². The minimum Gasteiger partial charge on any atom is -0.495 e. The van der Waals surface area contributed by atoms with E-state index in [2.05, 4.69) is 20.6 Å². The molecule has 146 valence electrons. The van der Waals surface area contributed by atoms with Crippen molar-refractivity contribution in [3.8, 4) is 17.2 Å². The summed E-state index contributed by atoms with van der Waals surface area (Å²) in [6, 6.07) is 15.3. The smallest absolute Gasteiger partial charge is 0.229 e. The van der Waals surface area contributed by atoms with Gasteiger partial charge in [-0.2, -0.15) is 4.98 Å². The third-order valence-corrected chi connectivity index (χ3v) is 4.13. The van der Waals surface area contributed by atoms with Crippen LogP contribution < -0.4 is 24.8 Å². The molecule has 0 spiro atoms. The highest BCUT2D eigenvalue weighted by atomic mass is 16.5. The van der Waals surface area contributed by atoms with E-state index in [1.165, 1.54) is 0 Å². The summed E-state index contributed by atoms with van der Waals surface area (Å²) in [5.74, 6) is 3.35. The van der Waals surface area contributed by atoms with Crippen molar-refractivity contribution in [2.75, 3.05) is 32.0 Å². The number of methoxy groups -OCH3 is 3. The van der Waals surface area contributed by atoms with Crippen LogP contribution in [0.15, 0.2) is 48.5 Å². The van der Waals surface area contributed by atoms with E-state index in [0.29, 0.717) is 24.0 Å². The van der Waals surface area contributed by atoms with Crippen molar-refractivity contribution in [1.29, 1.82) is 0 Å². The van der Waals surface area contributed by atoms with Gasteiger partial charge in [-0.1, -0.05) is 18.2 Å². The maximum absolute atomic E-state index is 5.37. The van der Waals surface area contributed by atoms with E-state index in [4.69, 9.17) is 14.2 Å². The molecule has 1 aromatic heterocycles. The zero-order valence-corrected chi connectivity index (χ0v) is 16.4. The summed E-state index contributed by atoms with van der Waals surface area (Å²) in [5.41, 5.74) is 2.71. The molecule has 2 N–H and O–H groups in total. The van der Waals surface area contributed by atoms with E-state index in [0.717, 1.165) is 28.5 Å². The molecule has 7 nitrogen and oxygen atoms in total. The zero-order valence-electron chi connectivity index (χ0n) is 16.4. The molecule has 1 heterocycles. The maximum atomic E-state index is 5.37. The Bertz CT molecular complexity index is 947. The van der Waals surface area contributed by atoms with Gasteiger partial charge < -0.3 is 24.8 Å². The summed E-state index contributed by atoms with van der Waals surface area (Å²) in [6.45, 7) is 2.52. The molecular formula is C21H24N4O3. The highest BCUT2D eigenvalue weighted by molar-refractivity contribution is 5.63. The van der Waals surface area contributed by atoms with Crippen LogP contribution in [0.4, 0.5) is 17.5 Å². The summed E-state index contributed by atoms with van der Waals surface area (Å²) in [4.78, 5) is 9.01. The molecule has 0 unspecified atom stereocenters. The SMILES string of the molecule is COc1ccccc1Nc1nc(C)cc(NCc2ccc(OC)c(OC)c2)n1. The van der Waals surface area contributed by atoms with E-state index in [1.807, 2.05) is 55.5 Å². The lowest BCUT2D eigenvalue weighted by Crippen LogP contribution is -2.06. The number of rotatable bonds is 8. The second-order valence-electron chi connectivity index (χ2n) is 6.09. The predicted octanol–water partition coefficient (Wildman–Crippen LogP) is 4.17. The summed E-state index contributed by atoms with van der Waals surface area (Å²) >= 11 is 0. The fourth-order valence-electron chi connectivity index (χ4n) is 2.77. The van der Waals surface area contributed by atoms with Gasteiger partial charge in [-0.05, 0) is 36.8 Å². The summed E-state index contributed by atoms with van der Waals surface area (Å²) in [6.07, 6.45) is 0. The molecule has 3 aromatic rings. The normalized spacial score (nSPS) is 10.3. The largest absolute Gasteiger partial charge is 0.495 e. The molecule has 0 aliphatic rings. The van der Waals surface area contributed by atoms with Crippen molar-refractivity contribution in [2.45, 2.75) is 13.5 Å². The molecule has 0 bridgehead atoms. The van der Waals surface area contributed by atoms with Crippen LogP contribution in [0.2, 0.25) is 0 Å². The predicted molar refractivity (Wildman–Crippen MR) is 110 cm³/mol. The molecule has 0 saturated carbocycles. The number of hydrogen-bond acceptors (Lipinski definition) is 7. The average molecular weight is 380 g/mol. The Kier molecular flexibility index (Phi) is 6.16. The molecule has 0 atom stereocenters. The molecule has 0 saturated heterocycles. The minimum absolute atomic E-state index is 0.499. The first-order valence-electron chi connectivity index (χ1n) is 8.83. The van der Waals surface area contributed by atoms with Crippen LogP contribution in [0, 0.1) is 6.92 Å². The number of nitrogens with one attached hydrogen (secondary N) is 2. The third kappa shape index (κ3) is 4.62. The Hall–Kier alpha value is -3.48. The summed E-state index contributed by atoms with van der Waals surface area (Å²) in [5, 5.41) is 6.54. The quantitative estimate of drug-likeness (QED) is 0.607. The van der Waals surface area contributed by atoms with Gasteiger partial charge in [0.1, 0.15) is 11.6 Å². The van der Waals surface area contributed by atoms with Gasteiger partial charge in [0.05, 0.1) is 27.0 Å². The first-order valence-corrected chi connectivity index (χ1v) is 8.83. The lowest BCUT2D eigenvalue weighted by Gasteiger charge is -2.13. The van der Waals surface area contributed by atoms with Crippen LogP contribution in [-0.2, 0) is 6.54 Å². The topological polar surface area (TPSA) is 77.5 Å². The average Bonchev–Trinajstić information content (AvgIpc) is 2.72. The van der Waals surface area contributed by atoms with Crippen molar-refractivity contribution in [3.63, 3.8) is 0 Å². The number of aryl methyl sites for hydroxylation is 1. The molecule has 3 rings (SSSR count). The molecule has 0 radical (unpaired) electrons. The first-order chi connectivity index (χ1) is 13.6. The highest BCUT2D eigenvalue weighted by Gasteiger charge is 2.08. The lowest BCUT2D eigenvalue weighted by atomic mass is 10.2. The Morgan fingerprint density at radius 2 is 1.57 bits per heavy atom. The number of anilines is 3. The fourth-order valence-corrected chi connectivity index (χ4v) is 2.77. The van der Waals surface area contributed by atoms with Crippen LogP contribution in [0.25, 0.3) is 0 Å². The number of hydrogen-bond donors (Lipinski definition) is 2. The van der Waals surface area contributed by atoms with Crippen molar-refractivity contribution in [2.24, 2.45) is 0 Å². The number of para-hydroxylation sites is 2. The van der Waals surface area contributed by atoms with Gasteiger partial charge in [0.15, 0.2) is 11.5 Å². The maximum Gasteiger partial charge on any atom is 0.229 e. The van der Waals surface area contributed by atoms with Gasteiger partial charge in [0, 0.05) is 18.3 Å². The van der Waals surface area contributed by atoms with Gasteiger partial charge in [-0.15, -0.1) is 0 Å². The molecular weight excluding hydrogens is 356 g/mol. The van der Waals surface area contributed by atoms with Gasteiger partial charge in [0.25, 0.3) is 0 Å². The van der Waals surface area contributed by atoms with Gasteiger partial charge in [-0.3, -0.25) is 0 Å². The van der Waals surface area contributed by atoms with Crippen molar-refractivity contribution in [1.82, 2.24) is 9.97 Å². The number of benzene rings is 2. The van der Waals surface area contributed by atoms with E-state index >= 15 is 0 Å². The van der Waals surface area contributed by atoms with Gasteiger partial charge in [-0.25, -0.2) is 4.98 Å². The minimum atomic E-state index is 0.499. The third-order valence-electron chi connectivity index (χ3n) is 4.13. The number of aromatic nitrogens is 2. The van der Waals surface area contributed by atoms with Crippen molar-refractivity contribution in [3.05, 3.63) is 59.8 Å². The molecule has 7 heteroatoms. The van der Waals surface area contributed by atoms with Gasteiger partial charge >= 0.3 is 0 Å². The molecule has 0 amide bonds. The second-order valence-corrected chi connectivity index (χ2v) is 6.09. The van der Waals surface area contributed by atoms with E-state index < -0.39 is 0 Å². The lowest BCUT2D eigenvalue weighted by molar-refractivity contribution is 0.354. The molecule has 0 aliphatic heterocycles.